The number of aryl methyl sites for hydroxylation is 1. The minimum absolute atomic E-state index is 0.272. The molecule has 0 aliphatic carbocycles. The molecule has 1 N–H and O–H groups in total. The van der Waals surface area contributed by atoms with Crippen LogP contribution in [0.25, 0.3) is 0 Å². The van der Waals surface area contributed by atoms with E-state index in [9.17, 15) is 4.79 Å². The van der Waals surface area contributed by atoms with Crippen LogP contribution in [-0.4, -0.2) is 16.1 Å². The number of amides is 1. The Hall–Kier alpha value is -2.37. The maximum Gasteiger partial charge on any atom is 0.253 e. The second-order valence-electron chi connectivity index (χ2n) is 5.10. The van der Waals surface area contributed by atoms with Crippen LogP contribution in [0.4, 0.5) is 0 Å². The standard InChI is InChI=1S/C17H13Cl2N3O2/c1-10-21-22-17(24-10)15(11-5-3-2-4-6-11)20-16(23)13-8-7-12(18)9-14(13)19/h2-9,15H,1H3,(H,20,23). The van der Waals surface area contributed by atoms with Crippen LogP contribution < -0.4 is 5.32 Å². The van der Waals surface area contributed by atoms with E-state index in [-0.39, 0.29) is 10.9 Å². The third-order valence-electron chi connectivity index (χ3n) is 3.37. The molecule has 1 aromatic heterocycles. The molecule has 1 amide bonds. The molecular weight excluding hydrogens is 349 g/mol. The smallest absolute Gasteiger partial charge is 0.253 e. The highest BCUT2D eigenvalue weighted by atomic mass is 35.5. The van der Waals surface area contributed by atoms with Gasteiger partial charge in [0.15, 0.2) is 0 Å². The molecule has 3 aromatic rings. The predicted octanol–water partition coefficient (Wildman–Crippen LogP) is 4.20. The number of halogens is 2. The van der Waals surface area contributed by atoms with Crippen LogP contribution in [0, 0.1) is 6.92 Å². The molecule has 0 bridgehead atoms. The number of benzene rings is 2. The number of nitrogens with zero attached hydrogens (tertiary/aromatic N) is 2. The van der Waals surface area contributed by atoms with Crippen LogP contribution >= 0.6 is 23.2 Å². The number of aromatic nitrogens is 2. The van der Waals surface area contributed by atoms with E-state index in [0.29, 0.717) is 22.4 Å². The third kappa shape index (κ3) is 3.58. The van der Waals surface area contributed by atoms with Gasteiger partial charge in [-0.1, -0.05) is 53.5 Å². The number of carbonyl (C=O) groups is 1. The van der Waals surface area contributed by atoms with Crippen LogP contribution in [0.2, 0.25) is 10.0 Å². The minimum atomic E-state index is -0.577. The molecular formula is C17H13Cl2N3O2. The van der Waals surface area contributed by atoms with Gasteiger partial charge in [0.05, 0.1) is 10.6 Å². The van der Waals surface area contributed by atoms with Crippen molar-refractivity contribution in [2.75, 3.05) is 0 Å². The Morgan fingerprint density at radius 2 is 1.88 bits per heavy atom. The molecule has 0 aliphatic rings. The number of hydrogen-bond acceptors (Lipinski definition) is 4. The molecule has 1 unspecified atom stereocenters. The fraction of sp³-hybridized carbons (Fsp3) is 0.118. The van der Waals surface area contributed by atoms with Crippen molar-refractivity contribution >= 4 is 29.1 Å². The Morgan fingerprint density at radius 3 is 2.50 bits per heavy atom. The van der Waals surface area contributed by atoms with E-state index in [2.05, 4.69) is 15.5 Å². The van der Waals surface area contributed by atoms with Gasteiger partial charge in [-0.05, 0) is 23.8 Å². The summed E-state index contributed by atoms with van der Waals surface area (Å²) in [6.07, 6.45) is 0. The molecule has 3 rings (SSSR count). The Kier molecular flexibility index (Phi) is 4.83. The highest BCUT2D eigenvalue weighted by molar-refractivity contribution is 6.36. The lowest BCUT2D eigenvalue weighted by Gasteiger charge is -2.16. The number of hydrogen-bond donors (Lipinski definition) is 1. The SMILES string of the molecule is Cc1nnc(C(NC(=O)c2ccc(Cl)cc2Cl)c2ccccc2)o1. The zero-order valence-electron chi connectivity index (χ0n) is 12.7. The van der Waals surface area contributed by atoms with Crippen LogP contribution in [-0.2, 0) is 0 Å². The Balaban J connectivity index is 1.93. The van der Waals surface area contributed by atoms with Gasteiger partial charge < -0.3 is 9.73 Å². The zero-order valence-corrected chi connectivity index (χ0v) is 14.2. The summed E-state index contributed by atoms with van der Waals surface area (Å²) in [6, 6.07) is 13.5. The van der Waals surface area contributed by atoms with Crippen LogP contribution in [0.3, 0.4) is 0 Å². The molecule has 0 fully saturated rings. The highest BCUT2D eigenvalue weighted by Crippen LogP contribution is 2.24. The number of nitrogens with one attached hydrogen (secondary N) is 1. The quantitative estimate of drug-likeness (QED) is 0.755. The van der Waals surface area contributed by atoms with Crippen molar-refractivity contribution in [3.8, 4) is 0 Å². The second-order valence-corrected chi connectivity index (χ2v) is 5.94. The van der Waals surface area contributed by atoms with Crippen molar-refractivity contribution in [3.05, 3.63) is 81.5 Å². The van der Waals surface area contributed by atoms with Crippen molar-refractivity contribution in [2.24, 2.45) is 0 Å². The topological polar surface area (TPSA) is 68.0 Å². The van der Waals surface area contributed by atoms with E-state index in [4.69, 9.17) is 27.6 Å². The first-order valence-electron chi connectivity index (χ1n) is 7.15. The van der Waals surface area contributed by atoms with Gasteiger partial charge in [-0.3, -0.25) is 4.79 Å². The highest BCUT2D eigenvalue weighted by Gasteiger charge is 2.23. The normalized spacial score (nSPS) is 12.0. The van der Waals surface area contributed by atoms with Crippen molar-refractivity contribution in [3.63, 3.8) is 0 Å². The molecule has 0 radical (unpaired) electrons. The Bertz CT molecular complexity index is 865. The summed E-state index contributed by atoms with van der Waals surface area (Å²) in [5.41, 5.74) is 1.14. The Labute approximate surface area is 148 Å². The first-order valence-corrected chi connectivity index (χ1v) is 7.91. The number of carbonyl (C=O) groups excluding carboxylic acids is 1. The first kappa shape index (κ1) is 16.5. The molecule has 0 saturated heterocycles. The van der Waals surface area contributed by atoms with Gasteiger partial charge in [-0.25, -0.2) is 0 Å². The third-order valence-corrected chi connectivity index (χ3v) is 3.92. The van der Waals surface area contributed by atoms with Crippen LogP contribution in [0.15, 0.2) is 52.9 Å². The van der Waals surface area contributed by atoms with Crippen molar-refractivity contribution in [1.82, 2.24) is 15.5 Å². The van der Waals surface area contributed by atoms with Crippen LogP contribution in [0.1, 0.15) is 33.7 Å². The molecule has 1 atom stereocenters. The van der Waals surface area contributed by atoms with Gasteiger partial charge in [-0.2, -0.15) is 0 Å². The molecule has 1 heterocycles. The van der Waals surface area contributed by atoms with E-state index in [1.165, 1.54) is 6.07 Å². The summed E-state index contributed by atoms with van der Waals surface area (Å²) in [7, 11) is 0. The van der Waals surface area contributed by atoms with E-state index in [1.54, 1.807) is 19.1 Å². The molecule has 2 aromatic carbocycles. The van der Waals surface area contributed by atoms with Gasteiger partial charge >= 0.3 is 0 Å². The number of rotatable bonds is 4. The summed E-state index contributed by atoms with van der Waals surface area (Å²) >= 11 is 12.0. The zero-order chi connectivity index (χ0) is 17.1. The predicted molar refractivity (Wildman–Crippen MR) is 91.2 cm³/mol. The van der Waals surface area contributed by atoms with Crippen molar-refractivity contribution in [2.45, 2.75) is 13.0 Å². The van der Waals surface area contributed by atoms with E-state index < -0.39 is 6.04 Å². The fourth-order valence-corrected chi connectivity index (χ4v) is 2.74. The van der Waals surface area contributed by atoms with Gasteiger partial charge in [0.2, 0.25) is 11.8 Å². The molecule has 0 spiro atoms. The molecule has 0 aliphatic heterocycles. The van der Waals surface area contributed by atoms with Crippen LogP contribution in [0.5, 0.6) is 0 Å². The van der Waals surface area contributed by atoms with Crippen molar-refractivity contribution in [1.29, 1.82) is 0 Å². The fourth-order valence-electron chi connectivity index (χ4n) is 2.24. The summed E-state index contributed by atoms with van der Waals surface area (Å²) < 4.78 is 5.50. The lowest BCUT2D eigenvalue weighted by molar-refractivity contribution is 0.0938. The lowest BCUT2D eigenvalue weighted by Crippen LogP contribution is -2.29. The summed E-state index contributed by atoms with van der Waals surface area (Å²) in [5.74, 6) is 0.364. The molecule has 7 heteroatoms. The second kappa shape index (κ2) is 7.03. The maximum absolute atomic E-state index is 12.6. The molecule has 5 nitrogen and oxygen atoms in total. The Morgan fingerprint density at radius 1 is 1.12 bits per heavy atom. The first-order chi connectivity index (χ1) is 11.5. The van der Waals surface area contributed by atoms with Gasteiger partial charge in [0, 0.05) is 11.9 Å². The molecule has 24 heavy (non-hydrogen) atoms. The van der Waals surface area contributed by atoms with Gasteiger partial charge in [-0.15, -0.1) is 10.2 Å². The summed E-state index contributed by atoms with van der Waals surface area (Å²) in [4.78, 5) is 12.6. The monoisotopic (exact) mass is 361 g/mol. The molecule has 122 valence electrons. The van der Waals surface area contributed by atoms with E-state index in [1.807, 2.05) is 30.3 Å². The van der Waals surface area contributed by atoms with Crippen molar-refractivity contribution < 1.29 is 9.21 Å². The lowest BCUT2D eigenvalue weighted by atomic mass is 10.1. The largest absolute Gasteiger partial charge is 0.423 e. The molecule has 0 saturated carbocycles. The van der Waals surface area contributed by atoms with E-state index in [0.717, 1.165) is 5.56 Å². The summed E-state index contributed by atoms with van der Waals surface area (Å²) in [5, 5.41) is 11.5. The maximum atomic E-state index is 12.6. The van der Waals surface area contributed by atoms with E-state index >= 15 is 0 Å². The van der Waals surface area contributed by atoms with Gasteiger partial charge in [0.25, 0.3) is 5.91 Å². The minimum Gasteiger partial charge on any atom is -0.423 e. The average molecular weight is 362 g/mol. The average Bonchev–Trinajstić information content (AvgIpc) is 2.99. The van der Waals surface area contributed by atoms with Gasteiger partial charge in [0.1, 0.15) is 6.04 Å². The summed E-state index contributed by atoms with van der Waals surface area (Å²) in [6.45, 7) is 1.69.